The molecule has 3 rings (SSSR count). The van der Waals surface area contributed by atoms with Gasteiger partial charge >= 0.3 is 5.97 Å². The smallest absolute Gasteiger partial charge is 0.305 e. The first-order valence-electron chi connectivity index (χ1n) is 10.3. The van der Waals surface area contributed by atoms with Crippen LogP contribution in [-0.2, 0) is 20.9 Å². The molecular weight excluding hydrogens is 466 g/mol. The van der Waals surface area contributed by atoms with E-state index >= 15 is 0 Å². The van der Waals surface area contributed by atoms with E-state index in [9.17, 15) is 9.59 Å². The molecule has 0 aliphatic carbocycles. The van der Waals surface area contributed by atoms with Crippen LogP contribution >= 0.6 is 35.6 Å². The molecule has 1 amide bonds. The SMILES string of the molecule is CCCOC(=O)CCCN1C(=O)/C(=C\c2cccc(OCc3ccc(Cl)cc3)c2)SC1=S. The number of ether oxygens (including phenoxy) is 2. The van der Waals surface area contributed by atoms with Gasteiger partial charge in [0.2, 0.25) is 0 Å². The quantitative estimate of drug-likeness (QED) is 0.237. The van der Waals surface area contributed by atoms with E-state index in [-0.39, 0.29) is 18.3 Å². The molecule has 1 aliphatic rings. The van der Waals surface area contributed by atoms with Gasteiger partial charge in [-0.1, -0.05) is 66.8 Å². The molecule has 32 heavy (non-hydrogen) atoms. The number of hydrogen-bond donors (Lipinski definition) is 0. The van der Waals surface area contributed by atoms with Gasteiger partial charge in [-0.05, 0) is 54.3 Å². The molecule has 1 fully saturated rings. The van der Waals surface area contributed by atoms with Crippen LogP contribution in [0.2, 0.25) is 5.02 Å². The van der Waals surface area contributed by atoms with Crippen molar-refractivity contribution in [2.24, 2.45) is 0 Å². The molecule has 0 N–H and O–H groups in total. The summed E-state index contributed by atoms with van der Waals surface area (Å²) in [7, 11) is 0. The summed E-state index contributed by atoms with van der Waals surface area (Å²) >= 11 is 12.5. The second-order valence-electron chi connectivity index (χ2n) is 7.15. The van der Waals surface area contributed by atoms with Crippen LogP contribution in [0.1, 0.15) is 37.3 Å². The highest BCUT2D eigenvalue weighted by molar-refractivity contribution is 8.26. The maximum absolute atomic E-state index is 12.8. The zero-order chi connectivity index (χ0) is 22.9. The minimum Gasteiger partial charge on any atom is -0.489 e. The van der Waals surface area contributed by atoms with Crippen LogP contribution in [0.25, 0.3) is 6.08 Å². The highest BCUT2D eigenvalue weighted by atomic mass is 35.5. The molecule has 8 heteroatoms. The standard InChI is InChI=1S/C24H24ClNO4S2/c1-2-13-29-22(27)7-4-12-26-23(28)21(32-24(26)31)15-18-5-3-6-20(14-18)30-16-17-8-10-19(25)11-9-17/h3,5-6,8-11,14-15H,2,4,7,12-13,16H2,1H3/b21-15+. The summed E-state index contributed by atoms with van der Waals surface area (Å²) in [6.07, 6.45) is 3.38. The minimum atomic E-state index is -0.247. The normalized spacial score (nSPS) is 14.8. The Bertz CT molecular complexity index is 1010. The minimum absolute atomic E-state index is 0.144. The van der Waals surface area contributed by atoms with Gasteiger partial charge in [-0.3, -0.25) is 14.5 Å². The average molecular weight is 490 g/mol. The number of esters is 1. The van der Waals surface area contributed by atoms with Crippen molar-refractivity contribution in [1.82, 2.24) is 4.90 Å². The third kappa shape index (κ3) is 7.08. The van der Waals surface area contributed by atoms with Crippen molar-refractivity contribution in [2.75, 3.05) is 13.2 Å². The Morgan fingerprint density at radius 3 is 2.75 bits per heavy atom. The molecule has 168 valence electrons. The average Bonchev–Trinajstić information content (AvgIpc) is 3.05. The lowest BCUT2D eigenvalue weighted by Crippen LogP contribution is -2.29. The number of nitrogens with zero attached hydrogens (tertiary/aromatic N) is 1. The molecular formula is C24H24ClNO4S2. The fourth-order valence-electron chi connectivity index (χ4n) is 2.96. The summed E-state index contributed by atoms with van der Waals surface area (Å²) in [6, 6.07) is 15.0. The van der Waals surface area contributed by atoms with E-state index in [0.717, 1.165) is 17.5 Å². The predicted octanol–water partition coefficient (Wildman–Crippen LogP) is 5.85. The zero-order valence-corrected chi connectivity index (χ0v) is 20.1. The van der Waals surface area contributed by atoms with Gasteiger partial charge in [0.05, 0.1) is 11.5 Å². The summed E-state index contributed by atoms with van der Waals surface area (Å²) in [5.41, 5.74) is 1.86. The van der Waals surface area contributed by atoms with Crippen molar-refractivity contribution in [3.8, 4) is 5.75 Å². The van der Waals surface area contributed by atoms with Crippen LogP contribution in [0.5, 0.6) is 5.75 Å². The molecule has 1 aliphatic heterocycles. The number of thiocarbonyl (C=S) groups is 1. The molecule has 0 spiro atoms. The maximum Gasteiger partial charge on any atom is 0.305 e. The lowest BCUT2D eigenvalue weighted by atomic mass is 10.2. The van der Waals surface area contributed by atoms with E-state index in [4.69, 9.17) is 33.3 Å². The molecule has 0 bridgehead atoms. The van der Waals surface area contributed by atoms with Crippen LogP contribution in [0.3, 0.4) is 0 Å². The van der Waals surface area contributed by atoms with Crippen molar-refractivity contribution < 1.29 is 19.1 Å². The van der Waals surface area contributed by atoms with Crippen LogP contribution in [0.15, 0.2) is 53.4 Å². The van der Waals surface area contributed by atoms with E-state index in [1.807, 2.05) is 61.5 Å². The molecule has 2 aromatic rings. The second kappa shape index (κ2) is 12.0. The Balaban J connectivity index is 1.57. The molecule has 0 aromatic heterocycles. The van der Waals surface area contributed by atoms with Gasteiger partial charge in [-0.25, -0.2) is 0 Å². The third-order valence-corrected chi connectivity index (χ3v) is 6.21. The fraction of sp³-hybridized carbons (Fsp3) is 0.292. The summed E-state index contributed by atoms with van der Waals surface area (Å²) in [5, 5.41) is 0.685. The number of thioether (sulfide) groups is 1. The van der Waals surface area contributed by atoms with E-state index < -0.39 is 0 Å². The van der Waals surface area contributed by atoms with Crippen molar-refractivity contribution in [3.05, 3.63) is 69.6 Å². The summed E-state index contributed by atoms with van der Waals surface area (Å²) in [6.45, 7) is 3.18. The fourth-order valence-corrected chi connectivity index (χ4v) is 4.39. The predicted molar refractivity (Wildman–Crippen MR) is 133 cm³/mol. The topological polar surface area (TPSA) is 55.8 Å². The Morgan fingerprint density at radius 2 is 2.00 bits per heavy atom. The van der Waals surface area contributed by atoms with Crippen molar-refractivity contribution in [3.63, 3.8) is 0 Å². The first-order chi connectivity index (χ1) is 15.5. The van der Waals surface area contributed by atoms with Crippen LogP contribution in [0, 0.1) is 0 Å². The second-order valence-corrected chi connectivity index (χ2v) is 9.26. The number of rotatable bonds is 10. The molecule has 1 saturated heterocycles. The Labute approximate surface area is 202 Å². The van der Waals surface area contributed by atoms with Gasteiger partial charge < -0.3 is 9.47 Å². The van der Waals surface area contributed by atoms with Crippen molar-refractivity contribution >= 4 is 57.9 Å². The number of hydrogen-bond acceptors (Lipinski definition) is 6. The maximum atomic E-state index is 12.8. The highest BCUT2D eigenvalue weighted by Gasteiger charge is 2.31. The Morgan fingerprint density at radius 1 is 1.22 bits per heavy atom. The lowest BCUT2D eigenvalue weighted by molar-refractivity contribution is -0.144. The third-order valence-electron chi connectivity index (χ3n) is 4.58. The molecule has 1 heterocycles. The number of carbonyl (C=O) groups excluding carboxylic acids is 2. The number of benzene rings is 2. The zero-order valence-electron chi connectivity index (χ0n) is 17.7. The lowest BCUT2D eigenvalue weighted by Gasteiger charge is -2.13. The molecule has 0 unspecified atom stereocenters. The Kier molecular flexibility index (Phi) is 9.14. The van der Waals surface area contributed by atoms with Crippen LogP contribution in [-0.4, -0.2) is 34.2 Å². The van der Waals surface area contributed by atoms with Crippen molar-refractivity contribution in [1.29, 1.82) is 0 Å². The van der Waals surface area contributed by atoms with Crippen molar-refractivity contribution in [2.45, 2.75) is 32.8 Å². The van der Waals surface area contributed by atoms with Gasteiger partial charge in [0.1, 0.15) is 16.7 Å². The van der Waals surface area contributed by atoms with E-state index in [1.54, 1.807) is 4.90 Å². The first kappa shape index (κ1) is 24.3. The largest absolute Gasteiger partial charge is 0.489 e. The number of halogens is 1. The summed E-state index contributed by atoms with van der Waals surface area (Å²) in [5.74, 6) is 0.312. The molecule has 0 radical (unpaired) electrons. The first-order valence-corrected chi connectivity index (χ1v) is 11.9. The van der Waals surface area contributed by atoms with Gasteiger partial charge in [0, 0.05) is 18.0 Å². The number of carbonyl (C=O) groups is 2. The molecule has 2 aromatic carbocycles. The van der Waals surface area contributed by atoms with Crippen LogP contribution < -0.4 is 4.74 Å². The van der Waals surface area contributed by atoms with Gasteiger partial charge in [-0.2, -0.15) is 0 Å². The summed E-state index contributed by atoms with van der Waals surface area (Å²) < 4.78 is 11.4. The monoisotopic (exact) mass is 489 g/mol. The van der Waals surface area contributed by atoms with E-state index in [2.05, 4.69) is 0 Å². The summed E-state index contributed by atoms with van der Waals surface area (Å²) in [4.78, 5) is 26.5. The molecule has 5 nitrogen and oxygen atoms in total. The van der Waals surface area contributed by atoms with Gasteiger partial charge in [0.25, 0.3) is 5.91 Å². The van der Waals surface area contributed by atoms with E-state index in [1.165, 1.54) is 11.8 Å². The highest BCUT2D eigenvalue weighted by Crippen LogP contribution is 2.33. The Hall–Kier alpha value is -2.35. The van der Waals surface area contributed by atoms with Crippen LogP contribution in [0.4, 0.5) is 0 Å². The molecule has 0 atom stereocenters. The molecule has 0 saturated carbocycles. The number of amides is 1. The van der Waals surface area contributed by atoms with Gasteiger partial charge in [0.15, 0.2) is 0 Å². The van der Waals surface area contributed by atoms with Gasteiger partial charge in [-0.15, -0.1) is 0 Å². The van der Waals surface area contributed by atoms with E-state index in [0.29, 0.717) is 46.2 Å².